The summed E-state index contributed by atoms with van der Waals surface area (Å²) < 4.78 is 2.04. The maximum Gasteiger partial charge on any atom is 0.0911 e. The average Bonchev–Trinajstić information content (AvgIpc) is 1.86. The van der Waals surface area contributed by atoms with Crippen molar-refractivity contribution in [2.24, 2.45) is 0 Å². The van der Waals surface area contributed by atoms with Crippen molar-refractivity contribution in [2.45, 2.75) is 24.9 Å². The number of nitrogens with zero attached hydrogens (tertiary/aromatic N) is 2. The highest BCUT2D eigenvalue weighted by atomic mass is 127. The first kappa shape index (κ1) is 9.23. The van der Waals surface area contributed by atoms with Crippen LogP contribution in [0.2, 0.25) is 0 Å². The van der Waals surface area contributed by atoms with Crippen LogP contribution in [0.15, 0.2) is 0 Å². The fourth-order valence-corrected chi connectivity index (χ4v) is 2.32. The molecule has 1 N–H and O–H groups in total. The van der Waals surface area contributed by atoms with E-state index in [2.05, 4.69) is 22.9 Å². The molecule has 0 aromatic carbocycles. The molecule has 1 aliphatic heterocycles. The molecule has 0 radical (unpaired) electrons. The van der Waals surface area contributed by atoms with E-state index in [0.29, 0.717) is 6.54 Å². The van der Waals surface area contributed by atoms with Crippen molar-refractivity contribution >= 4 is 22.9 Å². The third-order valence-corrected chi connectivity index (χ3v) is 2.74. The molecule has 0 aliphatic carbocycles. The number of hydrogen-bond acceptors (Lipinski definition) is 3. The molecular formula is C7H11IN2O. The topological polar surface area (TPSA) is 47.3 Å². The minimum absolute atomic E-state index is 0.256. The van der Waals surface area contributed by atoms with E-state index in [0.717, 1.165) is 19.4 Å². The number of β-amino-alcohol motifs (C(OH)–C–C–N with tert-alkyl or cyclic N) is 1. The number of nitriles is 1. The third-order valence-electron chi connectivity index (χ3n) is 1.92. The van der Waals surface area contributed by atoms with Crippen molar-refractivity contribution in [3.63, 3.8) is 0 Å². The Morgan fingerprint density at radius 2 is 2.45 bits per heavy atom. The molecule has 3 nitrogen and oxygen atoms in total. The quantitative estimate of drug-likeness (QED) is 0.570. The molecule has 1 fully saturated rings. The van der Waals surface area contributed by atoms with Crippen LogP contribution in [0.25, 0.3) is 0 Å². The molecule has 62 valence electrons. The van der Waals surface area contributed by atoms with Crippen molar-refractivity contribution in [2.75, 3.05) is 13.1 Å². The first-order valence-corrected chi connectivity index (χ1v) is 4.63. The molecule has 1 heterocycles. The predicted molar refractivity (Wildman–Crippen MR) is 50.0 cm³/mol. The molecule has 4 heteroatoms. The van der Waals surface area contributed by atoms with Crippen molar-refractivity contribution in [3.05, 3.63) is 0 Å². The predicted octanol–water partition coefficient (Wildman–Crippen LogP) is 1.08. The van der Waals surface area contributed by atoms with Gasteiger partial charge in [-0.3, -0.25) is 0 Å². The lowest BCUT2D eigenvalue weighted by Crippen LogP contribution is -2.43. The Morgan fingerprint density at radius 3 is 3.00 bits per heavy atom. The molecule has 0 bridgehead atoms. The Bertz CT molecular complexity index is 180. The van der Waals surface area contributed by atoms with Crippen LogP contribution in [0.1, 0.15) is 19.3 Å². The Kier molecular flexibility index (Phi) is 3.10. The monoisotopic (exact) mass is 266 g/mol. The second kappa shape index (κ2) is 3.70. The number of aliphatic hydroxyl groups is 1. The molecule has 1 saturated heterocycles. The highest BCUT2D eigenvalue weighted by Gasteiger charge is 2.31. The summed E-state index contributed by atoms with van der Waals surface area (Å²) in [7, 11) is 0. The first-order valence-electron chi connectivity index (χ1n) is 3.66. The fraction of sp³-hybridized carbons (Fsp3) is 0.857. The van der Waals surface area contributed by atoms with E-state index in [4.69, 9.17) is 5.26 Å². The zero-order valence-corrected chi connectivity index (χ0v) is 8.41. The molecule has 11 heavy (non-hydrogen) atoms. The minimum Gasteiger partial charge on any atom is -0.387 e. The minimum atomic E-state index is -0.742. The summed E-state index contributed by atoms with van der Waals surface area (Å²) in [6.07, 6.45) is 2.01. The van der Waals surface area contributed by atoms with Crippen LogP contribution in [0.4, 0.5) is 0 Å². The molecule has 0 spiro atoms. The number of halogens is 1. The zero-order valence-electron chi connectivity index (χ0n) is 6.26. The second-order valence-corrected chi connectivity index (χ2v) is 4.37. The van der Waals surface area contributed by atoms with Gasteiger partial charge in [0.2, 0.25) is 0 Å². The van der Waals surface area contributed by atoms with Crippen LogP contribution < -0.4 is 0 Å². The van der Waals surface area contributed by atoms with E-state index in [-0.39, 0.29) is 6.42 Å². The van der Waals surface area contributed by atoms with Crippen LogP contribution in [-0.2, 0) is 0 Å². The van der Waals surface area contributed by atoms with Gasteiger partial charge in [0.15, 0.2) is 0 Å². The van der Waals surface area contributed by atoms with Crippen LogP contribution in [-0.4, -0.2) is 26.9 Å². The molecule has 1 atom stereocenters. The van der Waals surface area contributed by atoms with E-state index in [1.54, 1.807) is 0 Å². The van der Waals surface area contributed by atoms with Gasteiger partial charge in [-0.15, -0.1) is 0 Å². The van der Waals surface area contributed by atoms with Gasteiger partial charge >= 0.3 is 0 Å². The summed E-state index contributed by atoms with van der Waals surface area (Å²) >= 11 is 2.19. The average molecular weight is 266 g/mol. The maximum absolute atomic E-state index is 9.77. The van der Waals surface area contributed by atoms with Crippen molar-refractivity contribution in [1.82, 2.24) is 3.11 Å². The Morgan fingerprint density at radius 1 is 1.73 bits per heavy atom. The summed E-state index contributed by atoms with van der Waals surface area (Å²) in [6.45, 7) is 1.65. The molecular weight excluding hydrogens is 255 g/mol. The second-order valence-electron chi connectivity index (χ2n) is 3.01. The van der Waals surface area contributed by atoms with E-state index < -0.39 is 5.60 Å². The van der Waals surface area contributed by atoms with Gasteiger partial charge in [0, 0.05) is 36.0 Å². The normalized spacial score (nSPS) is 33.2. The van der Waals surface area contributed by atoms with E-state index >= 15 is 0 Å². The number of hydrogen-bond donors (Lipinski definition) is 1. The molecule has 1 unspecified atom stereocenters. The largest absolute Gasteiger partial charge is 0.387 e. The Balaban J connectivity index is 2.50. The van der Waals surface area contributed by atoms with Gasteiger partial charge in [0.1, 0.15) is 0 Å². The highest BCUT2D eigenvalue weighted by molar-refractivity contribution is 14.1. The molecule has 0 aromatic heterocycles. The molecule has 1 rings (SSSR count). The molecule has 0 amide bonds. The van der Waals surface area contributed by atoms with E-state index in [9.17, 15) is 5.11 Å². The molecule has 1 aliphatic rings. The van der Waals surface area contributed by atoms with E-state index in [1.807, 2.05) is 9.18 Å². The third kappa shape index (κ3) is 2.58. The lowest BCUT2D eigenvalue weighted by molar-refractivity contribution is 0.00345. The first-order chi connectivity index (χ1) is 5.16. The lowest BCUT2D eigenvalue weighted by Gasteiger charge is -2.34. The van der Waals surface area contributed by atoms with Crippen molar-refractivity contribution < 1.29 is 5.11 Å². The fourth-order valence-electron chi connectivity index (χ4n) is 1.35. The van der Waals surface area contributed by atoms with Gasteiger partial charge in [0.05, 0.1) is 18.1 Å². The zero-order chi connectivity index (χ0) is 8.32. The van der Waals surface area contributed by atoms with Gasteiger partial charge in [0.25, 0.3) is 0 Å². The molecule has 0 aromatic rings. The maximum atomic E-state index is 9.77. The van der Waals surface area contributed by atoms with Gasteiger partial charge in [-0.2, -0.15) is 5.26 Å². The van der Waals surface area contributed by atoms with Crippen molar-refractivity contribution in [3.8, 4) is 6.07 Å². The van der Waals surface area contributed by atoms with Gasteiger partial charge in [-0.05, 0) is 12.8 Å². The molecule has 0 saturated carbocycles. The SMILES string of the molecule is N#CCC1(O)CCCN(I)C1. The standard InChI is InChI=1S/C7H11IN2O/c8-10-5-1-2-7(11,6-10)3-4-9/h11H,1-3,5-6H2. The summed E-state index contributed by atoms with van der Waals surface area (Å²) in [5.41, 5.74) is -0.742. The van der Waals surface area contributed by atoms with Crippen LogP contribution in [0.5, 0.6) is 0 Å². The lowest BCUT2D eigenvalue weighted by atomic mass is 9.92. The van der Waals surface area contributed by atoms with Gasteiger partial charge in [-0.25, -0.2) is 3.11 Å². The summed E-state index contributed by atoms with van der Waals surface area (Å²) in [5.74, 6) is 0. The van der Waals surface area contributed by atoms with Gasteiger partial charge in [-0.1, -0.05) is 0 Å². The van der Waals surface area contributed by atoms with Gasteiger partial charge < -0.3 is 5.11 Å². The smallest absolute Gasteiger partial charge is 0.0911 e. The highest BCUT2D eigenvalue weighted by Crippen LogP contribution is 2.25. The Labute approximate surface area is 80.5 Å². The number of rotatable bonds is 1. The van der Waals surface area contributed by atoms with Crippen LogP contribution in [0.3, 0.4) is 0 Å². The number of piperidine rings is 1. The summed E-state index contributed by atoms with van der Waals surface area (Å²) in [4.78, 5) is 0. The van der Waals surface area contributed by atoms with Crippen LogP contribution in [0, 0.1) is 11.3 Å². The summed E-state index contributed by atoms with van der Waals surface area (Å²) in [6, 6.07) is 2.02. The summed E-state index contributed by atoms with van der Waals surface area (Å²) in [5, 5.41) is 18.2. The van der Waals surface area contributed by atoms with Crippen LogP contribution >= 0.6 is 22.9 Å². The van der Waals surface area contributed by atoms with Crippen molar-refractivity contribution in [1.29, 1.82) is 5.26 Å². The van der Waals surface area contributed by atoms with E-state index in [1.165, 1.54) is 0 Å². The Hall–Kier alpha value is 0.140.